The number of hydrazone groups is 1. The Morgan fingerprint density at radius 1 is 1.03 bits per heavy atom. The molecular formula is C23H28ClN3O3S. The fraction of sp³-hybridized carbons (Fsp3) is 0.391. The number of anilines is 1. The number of amides is 1. The number of hydrogen-bond donors (Lipinski definition) is 1. The van der Waals surface area contributed by atoms with Gasteiger partial charge in [0.05, 0.1) is 10.6 Å². The topological polar surface area (TPSA) is 78.8 Å². The first-order chi connectivity index (χ1) is 14.8. The zero-order chi connectivity index (χ0) is 22.4. The van der Waals surface area contributed by atoms with Crippen LogP contribution < -0.4 is 9.73 Å². The van der Waals surface area contributed by atoms with Crippen LogP contribution in [0.25, 0.3) is 0 Å². The van der Waals surface area contributed by atoms with Gasteiger partial charge in [0, 0.05) is 10.7 Å². The van der Waals surface area contributed by atoms with Crippen LogP contribution in [0.4, 0.5) is 5.69 Å². The number of nitrogens with zero attached hydrogens (tertiary/aromatic N) is 2. The number of benzene rings is 2. The molecule has 0 heterocycles. The monoisotopic (exact) mass is 461 g/mol. The molecule has 0 aliphatic heterocycles. The van der Waals surface area contributed by atoms with Gasteiger partial charge in [-0.05, 0) is 69.4 Å². The summed E-state index contributed by atoms with van der Waals surface area (Å²) in [6, 6.07) is 11.5. The Morgan fingerprint density at radius 3 is 2.29 bits per heavy atom. The Balaban J connectivity index is 1.88. The Bertz CT molecular complexity index is 1060. The molecule has 0 aromatic heterocycles. The Kier molecular flexibility index (Phi) is 7.73. The normalized spacial score (nSPS) is 14.6. The van der Waals surface area contributed by atoms with Gasteiger partial charge in [0.25, 0.3) is 15.9 Å². The molecule has 31 heavy (non-hydrogen) atoms. The molecule has 8 heteroatoms. The maximum absolute atomic E-state index is 13.4. The van der Waals surface area contributed by atoms with Crippen LogP contribution in [0, 0.1) is 13.8 Å². The van der Waals surface area contributed by atoms with Gasteiger partial charge >= 0.3 is 0 Å². The van der Waals surface area contributed by atoms with E-state index in [1.807, 2.05) is 13.8 Å². The minimum Gasteiger partial charge on any atom is -0.271 e. The van der Waals surface area contributed by atoms with Crippen LogP contribution in [0.2, 0.25) is 5.02 Å². The average Bonchev–Trinajstić information content (AvgIpc) is 3.02. The van der Waals surface area contributed by atoms with Crippen LogP contribution in [-0.4, -0.2) is 26.6 Å². The van der Waals surface area contributed by atoms with Crippen molar-refractivity contribution in [1.29, 1.82) is 0 Å². The van der Waals surface area contributed by atoms with Gasteiger partial charge in [-0.15, -0.1) is 0 Å². The summed E-state index contributed by atoms with van der Waals surface area (Å²) in [4.78, 5) is 12.8. The molecule has 0 spiro atoms. The minimum absolute atomic E-state index is 0.109. The average molecular weight is 462 g/mol. The van der Waals surface area contributed by atoms with E-state index >= 15 is 0 Å². The highest BCUT2D eigenvalue weighted by molar-refractivity contribution is 7.92. The highest BCUT2D eigenvalue weighted by atomic mass is 35.5. The van der Waals surface area contributed by atoms with Gasteiger partial charge in [-0.2, -0.15) is 5.10 Å². The summed E-state index contributed by atoms with van der Waals surface area (Å²) in [7, 11) is -3.98. The van der Waals surface area contributed by atoms with Gasteiger partial charge in [-0.25, -0.2) is 13.8 Å². The first-order valence-corrected chi connectivity index (χ1v) is 12.3. The highest BCUT2D eigenvalue weighted by Crippen LogP contribution is 2.28. The van der Waals surface area contributed by atoms with Crippen molar-refractivity contribution in [3.8, 4) is 0 Å². The van der Waals surface area contributed by atoms with E-state index in [9.17, 15) is 13.2 Å². The van der Waals surface area contributed by atoms with Crippen molar-refractivity contribution < 1.29 is 13.2 Å². The molecule has 0 radical (unpaired) electrons. The van der Waals surface area contributed by atoms with Crippen molar-refractivity contribution in [2.75, 3.05) is 10.8 Å². The van der Waals surface area contributed by atoms with Crippen LogP contribution in [0.15, 0.2) is 52.5 Å². The number of carbonyl (C=O) groups is 1. The van der Waals surface area contributed by atoms with Gasteiger partial charge in [0.15, 0.2) is 0 Å². The summed E-state index contributed by atoms with van der Waals surface area (Å²) in [6.45, 7) is 3.32. The van der Waals surface area contributed by atoms with Crippen molar-refractivity contribution in [2.45, 2.75) is 57.3 Å². The molecule has 1 saturated carbocycles. The summed E-state index contributed by atoms with van der Waals surface area (Å²) < 4.78 is 27.9. The number of rotatable bonds is 6. The van der Waals surface area contributed by atoms with Crippen LogP contribution in [0.5, 0.6) is 0 Å². The second kappa shape index (κ2) is 10.3. The van der Waals surface area contributed by atoms with E-state index in [2.05, 4.69) is 10.5 Å². The summed E-state index contributed by atoms with van der Waals surface area (Å²) in [6.07, 6.45) is 6.18. The van der Waals surface area contributed by atoms with Crippen molar-refractivity contribution in [3.05, 3.63) is 58.6 Å². The lowest BCUT2D eigenvalue weighted by atomic mass is 10.2. The highest BCUT2D eigenvalue weighted by Gasteiger charge is 2.27. The fourth-order valence-corrected chi connectivity index (χ4v) is 5.03. The van der Waals surface area contributed by atoms with Crippen molar-refractivity contribution in [2.24, 2.45) is 5.10 Å². The molecule has 6 nitrogen and oxygen atoms in total. The minimum atomic E-state index is -3.98. The number of halogens is 1. The molecule has 3 rings (SSSR count). The second-order valence-electron chi connectivity index (χ2n) is 7.89. The number of carbonyl (C=O) groups excluding carboxylic acids is 1. The number of nitrogens with one attached hydrogen (secondary N) is 1. The first kappa shape index (κ1) is 23.3. The van der Waals surface area contributed by atoms with Gasteiger partial charge in [-0.1, -0.05) is 48.2 Å². The molecule has 2 aromatic rings. The van der Waals surface area contributed by atoms with Gasteiger partial charge in [0.1, 0.15) is 6.54 Å². The molecular weight excluding hydrogens is 434 g/mol. The Hall–Kier alpha value is -2.38. The summed E-state index contributed by atoms with van der Waals surface area (Å²) in [5.74, 6) is -0.496. The quantitative estimate of drug-likeness (QED) is 0.486. The molecule has 1 N–H and O–H groups in total. The predicted octanol–water partition coefficient (Wildman–Crippen LogP) is 4.98. The van der Waals surface area contributed by atoms with Gasteiger partial charge in [0.2, 0.25) is 0 Å². The van der Waals surface area contributed by atoms with E-state index in [1.165, 1.54) is 25.0 Å². The van der Waals surface area contributed by atoms with Gasteiger partial charge in [-0.3, -0.25) is 9.10 Å². The number of hydrogen-bond acceptors (Lipinski definition) is 4. The second-order valence-corrected chi connectivity index (χ2v) is 10.2. The zero-order valence-electron chi connectivity index (χ0n) is 17.9. The molecule has 1 fully saturated rings. The molecule has 0 unspecified atom stereocenters. The van der Waals surface area contributed by atoms with Crippen LogP contribution in [0.3, 0.4) is 0 Å². The molecule has 166 valence electrons. The maximum Gasteiger partial charge on any atom is 0.264 e. The maximum atomic E-state index is 13.4. The molecule has 0 saturated heterocycles. The number of sulfonamides is 1. The summed E-state index contributed by atoms with van der Waals surface area (Å²) >= 11 is 6.25. The third-order valence-corrected chi connectivity index (χ3v) is 7.55. The molecule has 1 aliphatic carbocycles. The van der Waals surface area contributed by atoms with Crippen molar-refractivity contribution in [3.63, 3.8) is 0 Å². The SMILES string of the molecule is Cc1ccc(S(=O)(=O)N(CC(=O)NN=C2CCCCCC2)c2ccc(C)c(Cl)c2)cc1. The number of aryl methyl sites for hydroxylation is 2. The van der Waals surface area contributed by atoms with E-state index in [-0.39, 0.29) is 4.90 Å². The Morgan fingerprint density at radius 2 is 1.68 bits per heavy atom. The van der Waals surface area contributed by atoms with Crippen molar-refractivity contribution in [1.82, 2.24) is 5.43 Å². The lowest BCUT2D eigenvalue weighted by Gasteiger charge is -2.24. The molecule has 2 aromatic carbocycles. The van der Waals surface area contributed by atoms with Crippen LogP contribution >= 0.6 is 11.6 Å². The predicted molar refractivity (Wildman–Crippen MR) is 125 cm³/mol. The van der Waals surface area contributed by atoms with E-state index < -0.39 is 22.5 Å². The summed E-state index contributed by atoms with van der Waals surface area (Å²) in [5, 5.41) is 4.69. The van der Waals surface area contributed by atoms with E-state index in [0.717, 1.165) is 46.8 Å². The van der Waals surface area contributed by atoms with E-state index in [0.29, 0.717) is 10.7 Å². The molecule has 0 bridgehead atoms. The largest absolute Gasteiger partial charge is 0.271 e. The third kappa shape index (κ3) is 6.08. The van der Waals surface area contributed by atoms with Gasteiger partial charge < -0.3 is 0 Å². The first-order valence-electron chi connectivity index (χ1n) is 10.5. The lowest BCUT2D eigenvalue weighted by molar-refractivity contribution is -0.119. The fourth-order valence-electron chi connectivity index (χ4n) is 3.45. The third-order valence-electron chi connectivity index (χ3n) is 5.36. The molecule has 0 atom stereocenters. The van der Waals surface area contributed by atoms with Crippen molar-refractivity contribution >= 4 is 38.9 Å². The lowest BCUT2D eigenvalue weighted by Crippen LogP contribution is -2.39. The molecule has 1 amide bonds. The smallest absolute Gasteiger partial charge is 0.264 e. The standard InChI is InChI=1S/C23H28ClN3O3S/c1-17-9-13-21(14-10-17)31(29,30)27(20-12-11-18(2)22(24)15-20)16-23(28)26-25-19-7-5-3-4-6-8-19/h9-15H,3-8,16H2,1-2H3,(H,26,28). The van der Waals surface area contributed by atoms with E-state index in [1.54, 1.807) is 30.3 Å². The molecule has 1 aliphatic rings. The van der Waals surface area contributed by atoms with Crippen LogP contribution in [-0.2, 0) is 14.8 Å². The van der Waals surface area contributed by atoms with E-state index in [4.69, 9.17) is 11.6 Å². The summed E-state index contributed by atoms with van der Waals surface area (Å²) in [5.41, 5.74) is 5.60. The Labute approximate surface area is 189 Å². The van der Waals surface area contributed by atoms with Crippen LogP contribution in [0.1, 0.15) is 49.7 Å². The zero-order valence-corrected chi connectivity index (χ0v) is 19.5.